The van der Waals surface area contributed by atoms with Crippen molar-refractivity contribution in [3.63, 3.8) is 0 Å². The van der Waals surface area contributed by atoms with Gasteiger partial charge in [0.25, 0.3) is 5.91 Å². The van der Waals surface area contributed by atoms with Crippen LogP contribution < -0.4 is 4.90 Å². The molecule has 1 aliphatic heterocycles. The second-order valence-corrected chi connectivity index (χ2v) is 7.29. The molecule has 0 aliphatic carbocycles. The number of carbonyl (C=O) groups is 1. The van der Waals surface area contributed by atoms with Gasteiger partial charge in [-0.15, -0.1) is 0 Å². The average Bonchev–Trinajstić information content (AvgIpc) is 2.62. The van der Waals surface area contributed by atoms with Crippen LogP contribution in [0, 0.1) is 0 Å². The highest BCUT2D eigenvalue weighted by Crippen LogP contribution is 2.34. The molecule has 1 amide bonds. The van der Waals surface area contributed by atoms with Crippen LogP contribution in [-0.2, 0) is 6.18 Å². The number of aromatic nitrogens is 1. The molecule has 0 spiro atoms. The Labute approximate surface area is 166 Å². The van der Waals surface area contributed by atoms with Crippen LogP contribution in [0.15, 0.2) is 34.9 Å². The quantitative estimate of drug-likeness (QED) is 0.724. The van der Waals surface area contributed by atoms with Crippen molar-refractivity contribution < 1.29 is 23.1 Å². The van der Waals surface area contributed by atoms with E-state index in [1.54, 1.807) is 21.9 Å². The summed E-state index contributed by atoms with van der Waals surface area (Å²) in [6, 6.07) is 5.45. The molecule has 0 unspecified atom stereocenters. The fourth-order valence-electron chi connectivity index (χ4n) is 2.79. The van der Waals surface area contributed by atoms with E-state index in [4.69, 9.17) is 11.6 Å². The summed E-state index contributed by atoms with van der Waals surface area (Å²) < 4.78 is 38.8. The number of halogens is 5. The first-order chi connectivity index (χ1) is 12.7. The van der Waals surface area contributed by atoms with Crippen molar-refractivity contribution in [2.24, 2.45) is 0 Å². The molecule has 1 aliphatic rings. The monoisotopic (exact) mass is 463 g/mol. The molecular weight excluding hydrogens is 451 g/mol. The zero-order valence-electron chi connectivity index (χ0n) is 13.8. The van der Waals surface area contributed by atoms with Crippen LogP contribution in [-0.4, -0.2) is 47.1 Å². The van der Waals surface area contributed by atoms with Crippen molar-refractivity contribution in [1.82, 2.24) is 9.88 Å². The van der Waals surface area contributed by atoms with Gasteiger partial charge in [0.05, 0.1) is 16.1 Å². The maximum absolute atomic E-state index is 12.7. The SMILES string of the molecule is O=C(c1cc(Br)ccc1O)N1CCN(c2ncc(C(F)(F)F)cc2Cl)CC1. The zero-order chi connectivity index (χ0) is 19.8. The number of anilines is 1. The summed E-state index contributed by atoms with van der Waals surface area (Å²) in [6.45, 7) is 1.37. The van der Waals surface area contributed by atoms with Crippen LogP contribution in [0.3, 0.4) is 0 Å². The lowest BCUT2D eigenvalue weighted by atomic mass is 10.1. The summed E-state index contributed by atoms with van der Waals surface area (Å²) in [4.78, 5) is 19.7. The van der Waals surface area contributed by atoms with Crippen LogP contribution in [0.5, 0.6) is 5.75 Å². The van der Waals surface area contributed by atoms with Crippen LogP contribution in [0.4, 0.5) is 19.0 Å². The van der Waals surface area contributed by atoms with Gasteiger partial charge in [-0.1, -0.05) is 27.5 Å². The predicted molar refractivity (Wildman–Crippen MR) is 98.2 cm³/mol. The number of hydrogen-bond donors (Lipinski definition) is 1. The number of rotatable bonds is 2. The number of phenols is 1. The van der Waals surface area contributed by atoms with Crippen LogP contribution >= 0.6 is 27.5 Å². The Kier molecular flexibility index (Phi) is 5.53. The minimum atomic E-state index is -4.51. The van der Waals surface area contributed by atoms with Gasteiger partial charge in [-0.2, -0.15) is 13.2 Å². The third-order valence-corrected chi connectivity index (χ3v) is 4.98. The molecule has 0 saturated carbocycles. The molecule has 3 rings (SSSR count). The Morgan fingerprint density at radius 3 is 2.44 bits per heavy atom. The fourth-order valence-corrected chi connectivity index (χ4v) is 3.44. The maximum atomic E-state index is 12.7. The third-order valence-electron chi connectivity index (χ3n) is 4.20. The lowest BCUT2D eigenvalue weighted by Crippen LogP contribution is -2.49. The van der Waals surface area contributed by atoms with E-state index in [1.807, 2.05) is 0 Å². The van der Waals surface area contributed by atoms with Crippen LogP contribution in [0.2, 0.25) is 5.02 Å². The number of aromatic hydroxyl groups is 1. The molecule has 0 bridgehead atoms. The maximum Gasteiger partial charge on any atom is 0.417 e. The predicted octanol–water partition coefficient (Wildman–Crippen LogP) is 4.18. The number of phenolic OH excluding ortho intramolecular Hbond substituents is 1. The van der Waals surface area contributed by atoms with Crippen molar-refractivity contribution in [3.8, 4) is 5.75 Å². The zero-order valence-corrected chi connectivity index (χ0v) is 16.1. The summed E-state index contributed by atoms with van der Waals surface area (Å²) in [5.41, 5.74) is -0.723. The van der Waals surface area contributed by atoms with Gasteiger partial charge in [0, 0.05) is 36.8 Å². The van der Waals surface area contributed by atoms with Crippen molar-refractivity contribution in [3.05, 3.63) is 51.1 Å². The minimum Gasteiger partial charge on any atom is -0.507 e. The summed E-state index contributed by atoms with van der Waals surface area (Å²) in [7, 11) is 0. The van der Waals surface area contributed by atoms with Gasteiger partial charge >= 0.3 is 6.18 Å². The van der Waals surface area contributed by atoms with E-state index < -0.39 is 11.7 Å². The van der Waals surface area contributed by atoms with E-state index in [0.29, 0.717) is 30.7 Å². The van der Waals surface area contributed by atoms with E-state index in [9.17, 15) is 23.1 Å². The Morgan fingerprint density at radius 1 is 1.19 bits per heavy atom. The highest BCUT2D eigenvalue weighted by atomic mass is 79.9. The Hall–Kier alpha value is -2.00. The van der Waals surface area contributed by atoms with Gasteiger partial charge in [-0.3, -0.25) is 4.79 Å². The number of alkyl halides is 3. The number of hydrogen-bond acceptors (Lipinski definition) is 4. The molecule has 1 aromatic carbocycles. The van der Waals surface area contributed by atoms with Gasteiger partial charge in [0.1, 0.15) is 11.6 Å². The summed E-state index contributed by atoms with van der Waals surface area (Å²) in [6.07, 6.45) is -3.76. The molecule has 2 heterocycles. The van der Waals surface area contributed by atoms with E-state index in [0.717, 1.165) is 12.3 Å². The first-order valence-electron chi connectivity index (χ1n) is 7.92. The Morgan fingerprint density at radius 2 is 1.85 bits per heavy atom. The fraction of sp³-hybridized carbons (Fsp3) is 0.294. The second-order valence-electron chi connectivity index (χ2n) is 5.97. The molecule has 1 saturated heterocycles. The van der Waals surface area contributed by atoms with E-state index >= 15 is 0 Å². The molecule has 10 heteroatoms. The molecule has 27 heavy (non-hydrogen) atoms. The summed E-state index contributed by atoms with van der Waals surface area (Å²) >= 11 is 9.24. The number of amides is 1. The minimum absolute atomic E-state index is 0.0887. The third kappa shape index (κ3) is 4.30. The van der Waals surface area contributed by atoms with Crippen molar-refractivity contribution >= 4 is 39.3 Å². The summed E-state index contributed by atoms with van der Waals surface area (Å²) in [5.74, 6) is -0.180. The number of piperazine rings is 1. The first-order valence-corrected chi connectivity index (χ1v) is 9.09. The lowest BCUT2D eigenvalue weighted by molar-refractivity contribution is -0.137. The van der Waals surface area contributed by atoms with Gasteiger partial charge in [-0.05, 0) is 24.3 Å². The van der Waals surface area contributed by atoms with E-state index in [1.165, 1.54) is 6.07 Å². The highest BCUT2D eigenvalue weighted by Gasteiger charge is 2.32. The van der Waals surface area contributed by atoms with E-state index in [-0.39, 0.29) is 28.1 Å². The molecule has 5 nitrogen and oxygen atoms in total. The number of carbonyl (C=O) groups excluding carboxylic acids is 1. The van der Waals surface area contributed by atoms with Crippen LogP contribution in [0.25, 0.3) is 0 Å². The normalized spacial score (nSPS) is 15.1. The molecule has 1 fully saturated rings. The van der Waals surface area contributed by atoms with Crippen molar-refractivity contribution in [2.45, 2.75) is 6.18 Å². The van der Waals surface area contributed by atoms with Gasteiger partial charge in [0.2, 0.25) is 0 Å². The number of benzene rings is 1. The molecule has 1 aromatic heterocycles. The number of nitrogens with zero attached hydrogens (tertiary/aromatic N) is 3. The largest absolute Gasteiger partial charge is 0.507 e. The van der Waals surface area contributed by atoms with E-state index in [2.05, 4.69) is 20.9 Å². The Balaban J connectivity index is 1.70. The van der Waals surface area contributed by atoms with Gasteiger partial charge in [-0.25, -0.2) is 4.98 Å². The summed E-state index contributed by atoms with van der Waals surface area (Å²) in [5, 5.41) is 9.81. The molecule has 144 valence electrons. The van der Waals surface area contributed by atoms with Gasteiger partial charge in [0.15, 0.2) is 0 Å². The molecular formula is C17H14BrClF3N3O2. The van der Waals surface area contributed by atoms with Gasteiger partial charge < -0.3 is 14.9 Å². The molecule has 0 radical (unpaired) electrons. The lowest BCUT2D eigenvalue weighted by Gasteiger charge is -2.36. The standard InChI is InChI=1S/C17H14BrClF3N3O2/c18-11-1-2-14(26)12(8-11)16(27)25-5-3-24(4-6-25)15-13(19)7-10(9-23-15)17(20,21)22/h1-2,7-9,26H,3-6H2. The van der Waals surface area contributed by atoms with Crippen molar-refractivity contribution in [2.75, 3.05) is 31.1 Å². The highest BCUT2D eigenvalue weighted by molar-refractivity contribution is 9.10. The Bertz CT molecular complexity index is 871. The topological polar surface area (TPSA) is 56.7 Å². The van der Waals surface area contributed by atoms with Crippen LogP contribution in [0.1, 0.15) is 15.9 Å². The molecule has 0 atom stereocenters. The smallest absolute Gasteiger partial charge is 0.417 e. The average molecular weight is 465 g/mol. The van der Waals surface area contributed by atoms with Crippen molar-refractivity contribution in [1.29, 1.82) is 0 Å². The first kappa shape index (κ1) is 19.8. The second kappa shape index (κ2) is 7.55. The molecule has 1 N–H and O–H groups in total. The molecule has 2 aromatic rings. The number of pyridine rings is 1.